The van der Waals surface area contributed by atoms with E-state index in [4.69, 9.17) is 10.2 Å². The molecule has 0 fully saturated rings. The second-order valence-corrected chi connectivity index (χ2v) is 5.78. The maximum atomic E-state index is 5.73. The zero-order valence-corrected chi connectivity index (χ0v) is 12.1. The van der Waals surface area contributed by atoms with Crippen LogP contribution in [-0.4, -0.2) is 11.5 Å². The van der Waals surface area contributed by atoms with Crippen LogP contribution in [-0.2, 0) is 0 Å². The third-order valence-electron chi connectivity index (χ3n) is 3.61. The van der Waals surface area contributed by atoms with Crippen LogP contribution in [0.2, 0.25) is 0 Å². The van der Waals surface area contributed by atoms with Gasteiger partial charge in [-0.15, -0.1) is 0 Å². The van der Waals surface area contributed by atoms with E-state index in [2.05, 4.69) is 38.0 Å². The smallest absolute Gasteiger partial charge is 0.295 e. The summed E-state index contributed by atoms with van der Waals surface area (Å²) in [5.74, 6) is 1.86. The number of nitrogens with two attached hydrogens (primary N) is 1. The number of nitrogens with one attached hydrogen (secondary N) is 1. The van der Waals surface area contributed by atoms with Gasteiger partial charge in [-0.05, 0) is 36.0 Å². The summed E-state index contributed by atoms with van der Waals surface area (Å²) in [6.45, 7) is 9.87. The maximum absolute atomic E-state index is 5.73. The molecule has 1 aromatic carbocycles. The highest BCUT2D eigenvalue weighted by atomic mass is 16.4. The van der Waals surface area contributed by atoms with Crippen LogP contribution in [0.4, 0.5) is 11.7 Å². The fourth-order valence-corrected chi connectivity index (χ4v) is 2.47. The van der Waals surface area contributed by atoms with Crippen LogP contribution in [0.5, 0.6) is 0 Å². The maximum Gasteiger partial charge on any atom is 0.295 e. The first-order valence-corrected chi connectivity index (χ1v) is 6.87. The highest BCUT2D eigenvalue weighted by Gasteiger charge is 2.18. The van der Waals surface area contributed by atoms with Gasteiger partial charge in [0.1, 0.15) is 5.52 Å². The number of hydrogen-bond acceptors (Lipinski definition) is 4. The number of aromatic nitrogens is 1. The van der Waals surface area contributed by atoms with E-state index in [1.165, 1.54) is 0 Å². The fourth-order valence-electron chi connectivity index (χ4n) is 2.47. The van der Waals surface area contributed by atoms with Gasteiger partial charge in [-0.1, -0.05) is 27.7 Å². The molecule has 0 unspecified atom stereocenters. The molecule has 104 valence electrons. The number of nitrogens with zero attached hydrogens (tertiary/aromatic N) is 1. The molecule has 0 aliphatic rings. The first-order valence-electron chi connectivity index (χ1n) is 6.87. The lowest BCUT2D eigenvalue weighted by molar-refractivity contribution is 0.302. The van der Waals surface area contributed by atoms with Gasteiger partial charge < -0.3 is 15.5 Å². The van der Waals surface area contributed by atoms with E-state index in [1.807, 2.05) is 18.2 Å². The summed E-state index contributed by atoms with van der Waals surface area (Å²) < 4.78 is 5.66. The molecule has 0 radical (unpaired) electrons. The molecule has 3 N–H and O–H groups in total. The zero-order valence-electron chi connectivity index (χ0n) is 12.1. The molecule has 19 heavy (non-hydrogen) atoms. The number of oxazole rings is 1. The van der Waals surface area contributed by atoms with Crippen molar-refractivity contribution in [2.75, 3.05) is 17.6 Å². The molecule has 2 aromatic rings. The van der Waals surface area contributed by atoms with Crippen molar-refractivity contribution in [3.8, 4) is 0 Å². The third-order valence-corrected chi connectivity index (χ3v) is 3.61. The zero-order chi connectivity index (χ0) is 14.0. The molecule has 4 heteroatoms. The van der Waals surface area contributed by atoms with Crippen LogP contribution < -0.4 is 11.1 Å². The van der Waals surface area contributed by atoms with E-state index in [-0.39, 0.29) is 0 Å². The summed E-state index contributed by atoms with van der Waals surface area (Å²) in [5.41, 5.74) is 8.00. The summed E-state index contributed by atoms with van der Waals surface area (Å²) >= 11 is 0. The molecule has 0 saturated heterocycles. The Kier molecular flexibility index (Phi) is 3.98. The number of rotatable bonds is 5. The lowest BCUT2D eigenvalue weighted by Gasteiger charge is -2.24. The Morgan fingerprint density at radius 1 is 1.21 bits per heavy atom. The molecule has 2 rings (SSSR count). The van der Waals surface area contributed by atoms with Crippen LogP contribution in [0.1, 0.15) is 27.7 Å². The van der Waals surface area contributed by atoms with Crippen LogP contribution in [0.3, 0.4) is 0 Å². The van der Waals surface area contributed by atoms with Gasteiger partial charge >= 0.3 is 0 Å². The fraction of sp³-hybridized carbons (Fsp3) is 0.533. The SMILES string of the molecule is CC(C)C(CNc1nc2cc(N)ccc2o1)C(C)C. The molecule has 0 amide bonds. The van der Waals surface area contributed by atoms with Gasteiger partial charge in [0, 0.05) is 12.2 Å². The van der Waals surface area contributed by atoms with E-state index in [1.54, 1.807) is 0 Å². The normalized spacial score (nSPS) is 11.9. The van der Waals surface area contributed by atoms with Crippen molar-refractivity contribution in [2.45, 2.75) is 27.7 Å². The van der Waals surface area contributed by atoms with Crippen LogP contribution in [0.25, 0.3) is 11.1 Å². The first kappa shape index (κ1) is 13.7. The second-order valence-electron chi connectivity index (χ2n) is 5.78. The number of anilines is 2. The van der Waals surface area contributed by atoms with Crippen molar-refractivity contribution < 1.29 is 4.42 Å². The molecular weight excluding hydrogens is 238 g/mol. The lowest BCUT2D eigenvalue weighted by Crippen LogP contribution is -2.24. The summed E-state index contributed by atoms with van der Waals surface area (Å²) in [4.78, 5) is 4.41. The van der Waals surface area contributed by atoms with Crippen LogP contribution >= 0.6 is 0 Å². The Hall–Kier alpha value is -1.71. The molecule has 0 saturated carbocycles. The monoisotopic (exact) mass is 261 g/mol. The van der Waals surface area contributed by atoms with E-state index >= 15 is 0 Å². The van der Waals surface area contributed by atoms with Gasteiger partial charge in [-0.2, -0.15) is 4.98 Å². The van der Waals surface area contributed by atoms with Crippen LogP contribution in [0, 0.1) is 17.8 Å². The molecule has 1 aromatic heterocycles. The number of nitrogen functional groups attached to an aromatic ring is 1. The Morgan fingerprint density at radius 3 is 2.53 bits per heavy atom. The highest BCUT2D eigenvalue weighted by Crippen LogP contribution is 2.24. The molecular formula is C15H23N3O. The summed E-state index contributed by atoms with van der Waals surface area (Å²) in [6, 6.07) is 6.08. The molecule has 0 aliphatic heterocycles. The van der Waals surface area contributed by atoms with Gasteiger partial charge in [0.2, 0.25) is 0 Å². The molecule has 0 spiro atoms. The molecule has 0 atom stereocenters. The van der Waals surface area contributed by atoms with Crippen molar-refractivity contribution in [2.24, 2.45) is 17.8 Å². The standard InChI is InChI=1S/C15H23N3O/c1-9(2)12(10(3)4)8-17-15-18-13-7-11(16)5-6-14(13)19-15/h5-7,9-10,12H,8,16H2,1-4H3,(H,17,18). The van der Waals surface area contributed by atoms with Crippen molar-refractivity contribution in [1.29, 1.82) is 0 Å². The number of fused-ring (bicyclic) bond motifs is 1. The Morgan fingerprint density at radius 2 is 1.89 bits per heavy atom. The molecule has 0 aliphatic carbocycles. The predicted molar refractivity (Wildman–Crippen MR) is 80.1 cm³/mol. The molecule has 4 nitrogen and oxygen atoms in total. The quantitative estimate of drug-likeness (QED) is 0.804. The lowest BCUT2D eigenvalue weighted by atomic mass is 9.85. The van der Waals surface area contributed by atoms with Gasteiger partial charge in [0.15, 0.2) is 5.58 Å². The second kappa shape index (κ2) is 5.51. The number of hydrogen-bond donors (Lipinski definition) is 2. The Balaban J connectivity index is 2.09. The Bertz CT molecular complexity index is 537. The summed E-state index contributed by atoms with van der Waals surface area (Å²) in [6.07, 6.45) is 0. The minimum atomic E-state index is 0.576. The number of benzene rings is 1. The largest absolute Gasteiger partial charge is 0.424 e. The predicted octanol–water partition coefficient (Wildman–Crippen LogP) is 3.75. The van der Waals surface area contributed by atoms with Gasteiger partial charge in [-0.25, -0.2) is 0 Å². The molecule has 1 heterocycles. The van der Waals surface area contributed by atoms with Crippen LogP contribution in [0.15, 0.2) is 22.6 Å². The first-order chi connectivity index (χ1) is 8.97. The van der Waals surface area contributed by atoms with Crippen molar-refractivity contribution in [1.82, 2.24) is 4.98 Å². The van der Waals surface area contributed by atoms with Gasteiger partial charge in [0.05, 0.1) is 0 Å². The van der Waals surface area contributed by atoms with Gasteiger partial charge in [-0.3, -0.25) is 0 Å². The Labute approximate surface area is 114 Å². The van der Waals surface area contributed by atoms with Crippen molar-refractivity contribution in [3.63, 3.8) is 0 Å². The third kappa shape index (κ3) is 3.19. The minimum absolute atomic E-state index is 0.576. The van der Waals surface area contributed by atoms with Crippen molar-refractivity contribution in [3.05, 3.63) is 18.2 Å². The minimum Gasteiger partial charge on any atom is -0.424 e. The molecule has 0 bridgehead atoms. The van der Waals surface area contributed by atoms with Crippen molar-refractivity contribution >= 4 is 22.8 Å². The average molecular weight is 261 g/mol. The van der Waals surface area contributed by atoms with E-state index < -0.39 is 0 Å². The highest BCUT2D eigenvalue weighted by molar-refractivity contribution is 5.78. The van der Waals surface area contributed by atoms with E-state index in [0.29, 0.717) is 29.5 Å². The average Bonchev–Trinajstić information content (AvgIpc) is 2.70. The summed E-state index contributed by atoms with van der Waals surface area (Å²) in [5, 5.41) is 3.30. The topological polar surface area (TPSA) is 64.1 Å². The van der Waals surface area contributed by atoms with Gasteiger partial charge in [0.25, 0.3) is 6.01 Å². The summed E-state index contributed by atoms with van der Waals surface area (Å²) in [7, 11) is 0. The van der Waals surface area contributed by atoms with E-state index in [0.717, 1.165) is 17.6 Å². The van der Waals surface area contributed by atoms with E-state index in [9.17, 15) is 0 Å².